The Morgan fingerprint density at radius 1 is 0.963 bits per heavy atom. The zero-order valence-electron chi connectivity index (χ0n) is 16.6. The number of hydrogen-bond donors (Lipinski definition) is 0. The quantitative estimate of drug-likeness (QED) is 0.442. The zero-order chi connectivity index (χ0) is 19.1. The Morgan fingerprint density at radius 3 is 2.26 bits per heavy atom. The third-order valence-electron chi connectivity index (χ3n) is 6.63. The van der Waals surface area contributed by atoms with Crippen LogP contribution in [0.5, 0.6) is 5.75 Å². The number of allylic oxidation sites excluding steroid dienone is 2. The number of halogens is 2. The molecule has 0 radical (unpaired) electrons. The summed E-state index contributed by atoms with van der Waals surface area (Å²) in [6.07, 6.45) is 18.0. The number of hydrogen-bond acceptors (Lipinski definition) is 1. The van der Waals surface area contributed by atoms with Crippen LogP contribution in [0.25, 0.3) is 0 Å². The Morgan fingerprint density at radius 2 is 1.63 bits per heavy atom. The molecule has 0 amide bonds. The summed E-state index contributed by atoms with van der Waals surface area (Å²) in [4.78, 5) is 0. The van der Waals surface area contributed by atoms with E-state index in [0.29, 0.717) is 5.92 Å². The van der Waals surface area contributed by atoms with E-state index in [1.165, 1.54) is 69.8 Å². The van der Waals surface area contributed by atoms with Gasteiger partial charge < -0.3 is 4.74 Å². The van der Waals surface area contributed by atoms with Crippen LogP contribution in [0.4, 0.5) is 8.78 Å². The summed E-state index contributed by atoms with van der Waals surface area (Å²) < 4.78 is 28.9. The predicted molar refractivity (Wildman–Crippen MR) is 107 cm³/mol. The van der Waals surface area contributed by atoms with Gasteiger partial charge in [-0.1, -0.05) is 44.1 Å². The van der Waals surface area contributed by atoms with Gasteiger partial charge in [0.15, 0.2) is 0 Å². The van der Waals surface area contributed by atoms with Gasteiger partial charge in [0.25, 0.3) is 0 Å². The number of benzene rings is 1. The van der Waals surface area contributed by atoms with E-state index in [0.717, 1.165) is 17.8 Å². The van der Waals surface area contributed by atoms with Crippen molar-refractivity contribution in [2.24, 2.45) is 17.8 Å². The molecule has 1 aromatic rings. The molecule has 2 fully saturated rings. The summed E-state index contributed by atoms with van der Waals surface area (Å²) in [7, 11) is 0. The Labute approximate surface area is 163 Å². The van der Waals surface area contributed by atoms with Crippen LogP contribution in [-0.2, 0) is 0 Å². The maximum absolute atomic E-state index is 12.2. The smallest absolute Gasteiger partial charge is 0.387 e. The topological polar surface area (TPSA) is 9.23 Å². The molecule has 27 heavy (non-hydrogen) atoms. The number of rotatable bonds is 7. The maximum Gasteiger partial charge on any atom is 0.387 e. The van der Waals surface area contributed by atoms with Crippen molar-refractivity contribution < 1.29 is 13.5 Å². The molecule has 0 atom stereocenters. The Bertz CT molecular complexity index is 565. The van der Waals surface area contributed by atoms with Crippen molar-refractivity contribution in [1.82, 2.24) is 0 Å². The fourth-order valence-electron chi connectivity index (χ4n) is 4.80. The summed E-state index contributed by atoms with van der Waals surface area (Å²) in [6.45, 7) is -0.371. The lowest BCUT2D eigenvalue weighted by molar-refractivity contribution is -0.0498. The van der Waals surface area contributed by atoms with Gasteiger partial charge in [-0.15, -0.1) is 0 Å². The first-order valence-corrected chi connectivity index (χ1v) is 10.8. The molecule has 0 saturated heterocycles. The molecule has 1 nitrogen and oxygen atoms in total. The summed E-state index contributed by atoms with van der Waals surface area (Å²) in [5.41, 5.74) is 1.27. The minimum absolute atomic E-state index is 0.252. The van der Waals surface area contributed by atoms with E-state index in [4.69, 9.17) is 0 Å². The first-order valence-electron chi connectivity index (χ1n) is 10.8. The summed E-state index contributed by atoms with van der Waals surface area (Å²) in [5, 5.41) is 0. The van der Waals surface area contributed by atoms with Crippen LogP contribution in [0.15, 0.2) is 36.4 Å². The van der Waals surface area contributed by atoms with Gasteiger partial charge in [0.05, 0.1) is 0 Å². The average molecular weight is 377 g/mol. The lowest BCUT2D eigenvalue weighted by Gasteiger charge is -2.29. The van der Waals surface area contributed by atoms with Crippen LogP contribution in [-0.4, -0.2) is 6.61 Å². The van der Waals surface area contributed by atoms with Crippen LogP contribution >= 0.6 is 0 Å². The van der Waals surface area contributed by atoms with Crippen LogP contribution in [0.1, 0.15) is 82.6 Å². The van der Waals surface area contributed by atoms with Gasteiger partial charge in [-0.2, -0.15) is 8.78 Å². The van der Waals surface area contributed by atoms with Crippen molar-refractivity contribution in [3.8, 4) is 5.75 Å². The van der Waals surface area contributed by atoms with Gasteiger partial charge in [0.1, 0.15) is 5.75 Å². The largest absolute Gasteiger partial charge is 0.435 e. The van der Waals surface area contributed by atoms with Crippen LogP contribution in [0.2, 0.25) is 0 Å². The first kappa shape index (κ1) is 20.4. The fraction of sp³-hybridized carbons (Fsp3) is 0.667. The van der Waals surface area contributed by atoms with Crippen LogP contribution in [0.3, 0.4) is 0 Å². The van der Waals surface area contributed by atoms with E-state index in [9.17, 15) is 8.78 Å². The second-order valence-corrected chi connectivity index (χ2v) is 8.69. The molecular formula is C24H34F2O. The molecule has 3 heteroatoms. The van der Waals surface area contributed by atoms with E-state index >= 15 is 0 Å². The lowest BCUT2D eigenvalue weighted by Crippen LogP contribution is -2.13. The minimum Gasteiger partial charge on any atom is -0.435 e. The van der Waals surface area contributed by atoms with Crippen LogP contribution in [0, 0.1) is 17.8 Å². The third kappa shape index (κ3) is 6.62. The second kappa shape index (κ2) is 10.2. The van der Waals surface area contributed by atoms with Gasteiger partial charge in [-0.25, -0.2) is 0 Å². The summed E-state index contributed by atoms with van der Waals surface area (Å²) in [6, 6.07) is 7.25. The highest BCUT2D eigenvalue weighted by Crippen LogP contribution is 2.38. The molecule has 2 aliphatic rings. The van der Waals surface area contributed by atoms with E-state index in [1.54, 1.807) is 12.1 Å². The summed E-state index contributed by atoms with van der Waals surface area (Å²) >= 11 is 0. The van der Waals surface area contributed by atoms with Gasteiger partial charge >= 0.3 is 6.61 Å². The molecule has 1 aromatic carbocycles. The molecule has 2 aliphatic carbocycles. The summed E-state index contributed by atoms with van der Waals surface area (Å²) in [5.74, 6) is 3.42. The zero-order valence-corrected chi connectivity index (χ0v) is 16.6. The fourth-order valence-corrected chi connectivity index (χ4v) is 4.80. The highest BCUT2D eigenvalue weighted by Gasteiger charge is 2.22. The van der Waals surface area contributed by atoms with Crippen LogP contribution < -0.4 is 4.74 Å². The Kier molecular flexibility index (Phi) is 7.72. The normalized spacial score (nSPS) is 29.3. The molecule has 0 heterocycles. The van der Waals surface area contributed by atoms with Gasteiger partial charge in [0, 0.05) is 0 Å². The van der Waals surface area contributed by atoms with E-state index < -0.39 is 6.61 Å². The van der Waals surface area contributed by atoms with E-state index in [2.05, 4.69) is 23.8 Å². The number of ether oxygens (including phenoxy) is 1. The minimum atomic E-state index is -2.75. The average Bonchev–Trinajstić information content (AvgIpc) is 2.67. The third-order valence-corrected chi connectivity index (χ3v) is 6.63. The molecule has 0 spiro atoms. The Balaban J connectivity index is 1.35. The van der Waals surface area contributed by atoms with E-state index in [-0.39, 0.29) is 5.75 Å². The van der Waals surface area contributed by atoms with Crippen molar-refractivity contribution in [1.29, 1.82) is 0 Å². The SMILES string of the molecule is CC1CCC(/C=C/CCC2CCC(c3ccc(OC(F)F)cc3)CC2)CC1. The van der Waals surface area contributed by atoms with Gasteiger partial charge in [-0.05, 0) is 92.7 Å². The standard InChI is InChI=1S/C24H34F2O/c1-18-6-8-19(9-7-18)4-2-3-5-20-10-12-21(13-11-20)22-14-16-23(17-15-22)27-24(25)26/h2,4,14-21,24H,3,5-13H2,1H3/b4-2+. The maximum atomic E-state index is 12.2. The molecular weight excluding hydrogens is 342 g/mol. The molecule has 150 valence electrons. The monoisotopic (exact) mass is 376 g/mol. The molecule has 2 saturated carbocycles. The van der Waals surface area contributed by atoms with Gasteiger partial charge in [-0.3, -0.25) is 0 Å². The highest BCUT2D eigenvalue weighted by molar-refractivity contribution is 5.29. The Hall–Kier alpha value is -1.38. The molecule has 0 aromatic heterocycles. The van der Waals surface area contributed by atoms with Crippen molar-refractivity contribution in [2.75, 3.05) is 0 Å². The van der Waals surface area contributed by atoms with Crippen molar-refractivity contribution in [2.45, 2.75) is 83.7 Å². The van der Waals surface area contributed by atoms with Gasteiger partial charge in [0.2, 0.25) is 0 Å². The molecule has 3 rings (SSSR count). The molecule has 0 aliphatic heterocycles. The molecule has 0 bridgehead atoms. The first-order chi connectivity index (χ1) is 13.1. The van der Waals surface area contributed by atoms with Crippen molar-refractivity contribution in [3.05, 3.63) is 42.0 Å². The molecule has 0 unspecified atom stereocenters. The second-order valence-electron chi connectivity index (χ2n) is 8.69. The molecule has 0 N–H and O–H groups in total. The van der Waals surface area contributed by atoms with Crippen molar-refractivity contribution >= 4 is 0 Å². The highest BCUT2D eigenvalue weighted by atomic mass is 19.3. The van der Waals surface area contributed by atoms with Crippen molar-refractivity contribution in [3.63, 3.8) is 0 Å². The lowest BCUT2D eigenvalue weighted by atomic mass is 9.77. The number of alkyl halides is 2. The predicted octanol–water partition coefficient (Wildman–Crippen LogP) is 7.72. The van der Waals surface area contributed by atoms with E-state index in [1.807, 2.05) is 12.1 Å².